The minimum atomic E-state index is -0.0955. The van der Waals surface area contributed by atoms with Gasteiger partial charge in [0.15, 0.2) is 5.82 Å². The van der Waals surface area contributed by atoms with E-state index in [1.54, 1.807) is 23.3 Å². The maximum Gasteiger partial charge on any atom is 0.216 e. The Hall–Kier alpha value is -3.43. The predicted octanol–water partition coefficient (Wildman–Crippen LogP) is 3.92. The van der Waals surface area contributed by atoms with Gasteiger partial charge in [-0.3, -0.25) is 10.1 Å². The van der Waals surface area contributed by atoms with Crippen LogP contribution in [-0.4, -0.2) is 42.5 Å². The molecule has 1 aliphatic rings. The highest BCUT2D eigenvalue weighted by Crippen LogP contribution is 2.27. The van der Waals surface area contributed by atoms with E-state index in [0.717, 1.165) is 42.0 Å². The third-order valence-corrected chi connectivity index (χ3v) is 5.19. The molecular weight excluding hydrogens is 398 g/mol. The number of H-pyrrole nitrogens is 1. The largest absolute Gasteiger partial charge is 0.370 e. The van der Waals surface area contributed by atoms with Gasteiger partial charge in [0.2, 0.25) is 4.77 Å². The lowest BCUT2D eigenvalue weighted by Crippen LogP contribution is -2.05. The maximum absolute atomic E-state index is 5.75. The first-order chi connectivity index (χ1) is 14.8. The first-order valence-corrected chi connectivity index (χ1v) is 10.1. The molecule has 1 aliphatic heterocycles. The summed E-state index contributed by atoms with van der Waals surface area (Å²) < 4.78 is 9.65. The van der Waals surface area contributed by atoms with Crippen molar-refractivity contribution in [2.75, 3.05) is 6.61 Å². The summed E-state index contributed by atoms with van der Waals surface area (Å²) in [5, 5.41) is 16.5. The lowest BCUT2D eigenvalue weighted by Gasteiger charge is -2.07. The van der Waals surface area contributed by atoms with Gasteiger partial charge in [-0.1, -0.05) is 18.2 Å². The van der Waals surface area contributed by atoms with E-state index in [4.69, 9.17) is 22.1 Å². The fraction of sp³-hybridized carbons (Fsp3) is 0.190. The molecule has 9 heteroatoms. The second-order valence-corrected chi connectivity index (χ2v) is 7.28. The summed E-state index contributed by atoms with van der Waals surface area (Å²) in [4.78, 5) is 4.11. The standard InChI is InChI=1S/C21H19N7OS/c30-21-25-24-20(18-7-4-12-29-18)28(21)23-13-16-14-27(17-5-2-1-3-6-17)26-19(16)15-8-10-22-11-9-15/h1-3,5-6,8-11,13-14,18H,4,7,12H2,(H,25,30)/b23-13-/t18-/m1/s1. The average Bonchev–Trinajstić information content (AvgIpc) is 3.54. The Morgan fingerprint density at radius 3 is 2.77 bits per heavy atom. The van der Waals surface area contributed by atoms with Gasteiger partial charge in [0.05, 0.1) is 11.9 Å². The van der Waals surface area contributed by atoms with Crippen LogP contribution >= 0.6 is 12.2 Å². The van der Waals surface area contributed by atoms with Gasteiger partial charge in [-0.15, -0.1) is 0 Å². The minimum absolute atomic E-state index is 0.0955. The molecule has 0 radical (unpaired) electrons. The smallest absolute Gasteiger partial charge is 0.216 e. The van der Waals surface area contributed by atoms with Crippen molar-refractivity contribution in [3.63, 3.8) is 0 Å². The maximum atomic E-state index is 5.75. The molecule has 1 saturated heterocycles. The van der Waals surface area contributed by atoms with Crippen LogP contribution in [0.4, 0.5) is 0 Å². The fourth-order valence-corrected chi connectivity index (χ4v) is 3.64. The molecule has 0 aliphatic carbocycles. The highest BCUT2D eigenvalue weighted by molar-refractivity contribution is 7.71. The summed E-state index contributed by atoms with van der Waals surface area (Å²) in [5.41, 5.74) is 3.58. The first kappa shape index (κ1) is 18.6. The van der Waals surface area contributed by atoms with Crippen molar-refractivity contribution in [1.29, 1.82) is 0 Å². The Labute approximate surface area is 177 Å². The molecule has 0 unspecified atom stereocenters. The Morgan fingerprint density at radius 1 is 1.17 bits per heavy atom. The quantitative estimate of drug-likeness (QED) is 0.393. The monoisotopic (exact) mass is 417 g/mol. The van der Waals surface area contributed by atoms with Crippen LogP contribution in [0.15, 0.2) is 66.2 Å². The number of hydrogen-bond acceptors (Lipinski definition) is 6. The second-order valence-electron chi connectivity index (χ2n) is 6.89. The SMILES string of the molecule is S=c1[nH]nc([C@H]2CCCO2)n1/N=C\c1cn(-c2ccccc2)nc1-c1ccncc1. The highest BCUT2D eigenvalue weighted by Gasteiger charge is 2.23. The van der Waals surface area contributed by atoms with Crippen LogP contribution in [0.5, 0.6) is 0 Å². The first-order valence-electron chi connectivity index (χ1n) is 9.68. The summed E-state index contributed by atoms with van der Waals surface area (Å²) in [5.74, 6) is 0.690. The van der Waals surface area contributed by atoms with E-state index >= 15 is 0 Å². The summed E-state index contributed by atoms with van der Waals surface area (Å²) in [6, 6.07) is 13.8. The molecule has 150 valence electrons. The number of para-hydroxylation sites is 1. The number of hydrogen-bond donors (Lipinski definition) is 1. The highest BCUT2D eigenvalue weighted by atomic mass is 32.1. The molecule has 8 nitrogen and oxygen atoms in total. The molecule has 30 heavy (non-hydrogen) atoms. The molecule has 0 bridgehead atoms. The fourth-order valence-electron chi connectivity index (χ4n) is 3.45. The van der Waals surface area contributed by atoms with E-state index in [-0.39, 0.29) is 6.10 Å². The third-order valence-electron chi connectivity index (χ3n) is 4.92. The zero-order valence-electron chi connectivity index (χ0n) is 16.0. The number of benzene rings is 1. The van der Waals surface area contributed by atoms with Crippen LogP contribution in [0, 0.1) is 4.77 Å². The molecule has 1 fully saturated rings. The molecule has 0 saturated carbocycles. The normalized spacial score (nSPS) is 16.5. The molecule has 5 rings (SSSR count). The van der Waals surface area contributed by atoms with E-state index in [1.807, 2.05) is 53.3 Å². The number of ether oxygens (including phenoxy) is 1. The molecule has 3 aromatic heterocycles. The van der Waals surface area contributed by atoms with Crippen molar-refractivity contribution in [3.8, 4) is 16.9 Å². The Bertz CT molecular complexity index is 1220. The van der Waals surface area contributed by atoms with E-state index in [1.165, 1.54) is 0 Å². The molecule has 4 heterocycles. The minimum Gasteiger partial charge on any atom is -0.370 e. The van der Waals surface area contributed by atoms with Gasteiger partial charge < -0.3 is 4.74 Å². The Kier molecular flexibility index (Phi) is 5.04. The average molecular weight is 417 g/mol. The summed E-state index contributed by atoms with van der Waals surface area (Å²) in [6.45, 7) is 0.726. The van der Waals surface area contributed by atoms with Crippen LogP contribution < -0.4 is 0 Å². The van der Waals surface area contributed by atoms with Gasteiger partial charge in [0.25, 0.3) is 0 Å². The molecule has 0 amide bonds. The van der Waals surface area contributed by atoms with Crippen molar-refractivity contribution in [1.82, 2.24) is 29.6 Å². The number of nitrogens with zero attached hydrogens (tertiary/aromatic N) is 6. The van der Waals surface area contributed by atoms with Gasteiger partial charge >= 0.3 is 0 Å². The number of aromatic nitrogens is 6. The van der Waals surface area contributed by atoms with Crippen molar-refractivity contribution in [3.05, 3.63) is 77.2 Å². The molecular formula is C21H19N7OS. The summed E-state index contributed by atoms with van der Waals surface area (Å²) >= 11 is 5.38. The van der Waals surface area contributed by atoms with Gasteiger partial charge in [-0.05, 0) is 49.3 Å². The summed E-state index contributed by atoms with van der Waals surface area (Å²) in [7, 11) is 0. The van der Waals surface area contributed by atoms with Crippen LogP contribution in [0.1, 0.15) is 30.3 Å². The molecule has 0 spiro atoms. The Morgan fingerprint density at radius 2 is 2.00 bits per heavy atom. The van der Waals surface area contributed by atoms with Crippen LogP contribution in [0.3, 0.4) is 0 Å². The van der Waals surface area contributed by atoms with Crippen molar-refractivity contribution >= 4 is 18.4 Å². The molecule has 1 atom stereocenters. The second kappa shape index (κ2) is 8.13. The van der Waals surface area contributed by atoms with Crippen LogP contribution in [-0.2, 0) is 4.74 Å². The number of aromatic amines is 1. The summed E-state index contributed by atoms with van der Waals surface area (Å²) in [6.07, 6.45) is 9.02. The van der Waals surface area contributed by atoms with Crippen LogP contribution in [0.2, 0.25) is 0 Å². The Balaban J connectivity index is 1.57. The topological polar surface area (TPSA) is 85.9 Å². The van der Waals surface area contributed by atoms with Crippen molar-refractivity contribution < 1.29 is 4.74 Å². The molecule has 1 aromatic carbocycles. The lowest BCUT2D eigenvalue weighted by molar-refractivity contribution is 0.102. The van der Waals surface area contributed by atoms with E-state index < -0.39 is 0 Å². The van der Waals surface area contributed by atoms with Gasteiger partial charge in [-0.2, -0.15) is 20.0 Å². The van der Waals surface area contributed by atoms with E-state index in [9.17, 15) is 0 Å². The van der Waals surface area contributed by atoms with Crippen molar-refractivity contribution in [2.24, 2.45) is 5.10 Å². The number of pyridine rings is 1. The van der Waals surface area contributed by atoms with Gasteiger partial charge in [0.1, 0.15) is 11.8 Å². The number of nitrogens with one attached hydrogen (secondary N) is 1. The zero-order valence-corrected chi connectivity index (χ0v) is 16.9. The zero-order chi connectivity index (χ0) is 20.3. The molecule has 1 N–H and O–H groups in total. The van der Waals surface area contributed by atoms with Crippen LogP contribution in [0.25, 0.3) is 16.9 Å². The predicted molar refractivity (Wildman–Crippen MR) is 115 cm³/mol. The molecule has 4 aromatic rings. The lowest BCUT2D eigenvalue weighted by atomic mass is 10.1. The van der Waals surface area contributed by atoms with E-state index in [2.05, 4.69) is 20.3 Å². The van der Waals surface area contributed by atoms with Crippen molar-refractivity contribution in [2.45, 2.75) is 18.9 Å². The van der Waals surface area contributed by atoms with Gasteiger partial charge in [0, 0.05) is 36.3 Å². The number of rotatable bonds is 5. The van der Waals surface area contributed by atoms with Gasteiger partial charge in [-0.25, -0.2) is 4.68 Å². The van der Waals surface area contributed by atoms with E-state index in [0.29, 0.717) is 10.6 Å². The third kappa shape index (κ3) is 3.60.